The summed E-state index contributed by atoms with van der Waals surface area (Å²) in [6.45, 7) is 2.71. The maximum atomic E-state index is 13.5. The number of carbonyl (C=O) groups is 1. The number of hydrogen-bond acceptors (Lipinski definition) is 2. The Balaban J connectivity index is 1.59. The quantitative estimate of drug-likeness (QED) is 0.636. The van der Waals surface area contributed by atoms with Gasteiger partial charge in [-0.3, -0.25) is 9.78 Å². The summed E-state index contributed by atoms with van der Waals surface area (Å²) in [5, 5.41) is 0. The van der Waals surface area contributed by atoms with Crippen LogP contribution in [-0.2, 0) is 11.2 Å². The largest absolute Gasteiger partial charge is 0.334 e. The van der Waals surface area contributed by atoms with Crippen LogP contribution in [0.25, 0.3) is 11.1 Å². The van der Waals surface area contributed by atoms with Gasteiger partial charge in [-0.25, -0.2) is 4.39 Å². The molecule has 0 radical (unpaired) electrons. The summed E-state index contributed by atoms with van der Waals surface area (Å²) in [5.41, 5.74) is 4.85. The van der Waals surface area contributed by atoms with Crippen LogP contribution in [0.3, 0.4) is 0 Å². The van der Waals surface area contributed by atoms with E-state index in [1.165, 1.54) is 12.1 Å². The van der Waals surface area contributed by atoms with Crippen LogP contribution in [0.4, 0.5) is 4.39 Å². The van der Waals surface area contributed by atoms with Gasteiger partial charge in [-0.15, -0.1) is 0 Å². The fraction of sp³-hybridized carbons (Fsp3) is 0.250. The molecule has 2 heterocycles. The number of likely N-dealkylation sites (tertiary alicyclic amines) is 1. The number of nitrogens with zero attached hydrogens (tertiary/aromatic N) is 2. The second kappa shape index (κ2) is 7.93. The second-order valence-electron chi connectivity index (χ2n) is 7.34. The van der Waals surface area contributed by atoms with Gasteiger partial charge < -0.3 is 4.90 Å². The van der Waals surface area contributed by atoms with Crippen molar-refractivity contribution in [2.45, 2.75) is 32.2 Å². The molecule has 28 heavy (non-hydrogen) atoms. The fourth-order valence-corrected chi connectivity index (χ4v) is 3.96. The highest BCUT2D eigenvalue weighted by atomic mass is 19.1. The van der Waals surface area contributed by atoms with Gasteiger partial charge in [0.1, 0.15) is 5.82 Å². The molecular weight excluding hydrogens is 351 g/mol. The van der Waals surface area contributed by atoms with Crippen molar-refractivity contribution in [2.75, 3.05) is 6.54 Å². The standard InChI is InChI=1S/C24H23FN2O/c1-17-13-20(19-8-3-2-4-9-19)16-22(26-17)23-11-6-12-27(23)24(28)15-18-7-5-10-21(25)14-18/h2-5,7-10,13-14,16,23H,6,11-12,15H2,1H3/t23-/m1/s1. The highest BCUT2D eigenvalue weighted by molar-refractivity contribution is 5.79. The van der Waals surface area contributed by atoms with E-state index in [1.807, 2.05) is 30.0 Å². The van der Waals surface area contributed by atoms with Crippen LogP contribution in [0.15, 0.2) is 66.7 Å². The number of hydrogen-bond donors (Lipinski definition) is 0. The molecule has 3 aromatic rings. The molecule has 2 aromatic carbocycles. The van der Waals surface area contributed by atoms with Crippen LogP contribution in [0.1, 0.15) is 35.8 Å². The normalized spacial score (nSPS) is 16.4. The Hall–Kier alpha value is -3.01. The number of aryl methyl sites for hydroxylation is 1. The van der Waals surface area contributed by atoms with Crippen molar-refractivity contribution >= 4 is 5.91 Å². The van der Waals surface area contributed by atoms with Gasteiger partial charge in [0, 0.05) is 12.2 Å². The van der Waals surface area contributed by atoms with E-state index in [9.17, 15) is 9.18 Å². The Morgan fingerprint density at radius 1 is 1.07 bits per heavy atom. The summed E-state index contributed by atoms with van der Waals surface area (Å²) in [6.07, 6.45) is 2.07. The molecule has 0 aliphatic carbocycles. The third-order valence-corrected chi connectivity index (χ3v) is 5.24. The summed E-state index contributed by atoms with van der Waals surface area (Å²) in [7, 11) is 0. The van der Waals surface area contributed by atoms with Gasteiger partial charge in [-0.2, -0.15) is 0 Å². The summed E-state index contributed by atoms with van der Waals surface area (Å²) >= 11 is 0. The average Bonchev–Trinajstić information content (AvgIpc) is 3.18. The highest BCUT2D eigenvalue weighted by Gasteiger charge is 2.31. The number of halogens is 1. The van der Waals surface area contributed by atoms with Crippen molar-refractivity contribution in [3.63, 3.8) is 0 Å². The van der Waals surface area contributed by atoms with E-state index in [0.717, 1.165) is 41.9 Å². The van der Waals surface area contributed by atoms with Gasteiger partial charge in [-0.05, 0) is 60.7 Å². The zero-order chi connectivity index (χ0) is 19.5. The second-order valence-corrected chi connectivity index (χ2v) is 7.34. The number of rotatable bonds is 4. The summed E-state index contributed by atoms with van der Waals surface area (Å²) in [6, 6.07) is 20.6. The zero-order valence-corrected chi connectivity index (χ0v) is 15.9. The Kier molecular flexibility index (Phi) is 5.20. The monoisotopic (exact) mass is 374 g/mol. The van der Waals surface area contributed by atoms with Crippen LogP contribution in [-0.4, -0.2) is 22.3 Å². The Labute approximate surface area is 164 Å². The lowest BCUT2D eigenvalue weighted by molar-refractivity contribution is -0.131. The Morgan fingerprint density at radius 3 is 2.68 bits per heavy atom. The van der Waals surface area contributed by atoms with Gasteiger partial charge in [0.15, 0.2) is 0 Å². The van der Waals surface area contributed by atoms with Gasteiger partial charge >= 0.3 is 0 Å². The third-order valence-electron chi connectivity index (χ3n) is 5.24. The van der Waals surface area contributed by atoms with Gasteiger partial charge in [0.05, 0.1) is 18.2 Å². The van der Waals surface area contributed by atoms with E-state index in [4.69, 9.17) is 4.98 Å². The molecule has 4 rings (SSSR count). The zero-order valence-electron chi connectivity index (χ0n) is 15.9. The van der Waals surface area contributed by atoms with Gasteiger partial charge in [-0.1, -0.05) is 42.5 Å². The predicted molar refractivity (Wildman–Crippen MR) is 108 cm³/mol. The number of aromatic nitrogens is 1. The molecule has 0 spiro atoms. The van der Waals surface area contributed by atoms with Crippen molar-refractivity contribution in [3.8, 4) is 11.1 Å². The molecule has 0 bridgehead atoms. The van der Waals surface area contributed by atoms with Crippen molar-refractivity contribution in [2.24, 2.45) is 0 Å². The highest BCUT2D eigenvalue weighted by Crippen LogP contribution is 2.33. The number of amides is 1. The van der Waals surface area contributed by atoms with Crippen molar-refractivity contribution < 1.29 is 9.18 Å². The number of pyridine rings is 1. The number of benzene rings is 2. The van der Waals surface area contributed by atoms with E-state index in [1.54, 1.807) is 12.1 Å². The van der Waals surface area contributed by atoms with E-state index in [0.29, 0.717) is 5.56 Å². The van der Waals surface area contributed by atoms with Crippen LogP contribution in [0, 0.1) is 12.7 Å². The minimum atomic E-state index is -0.309. The molecule has 1 aliphatic heterocycles. The topological polar surface area (TPSA) is 33.2 Å². The first kappa shape index (κ1) is 18.4. The first-order valence-electron chi connectivity index (χ1n) is 9.68. The first-order chi connectivity index (χ1) is 13.6. The molecule has 1 saturated heterocycles. The third kappa shape index (κ3) is 3.96. The Morgan fingerprint density at radius 2 is 1.89 bits per heavy atom. The molecule has 1 fully saturated rings. The lowest BCUT2D eigenvalue weighted by Crippen LogP contribution is -2.32. The minimum absolute atomic E-state index is 0.0246. The lowest BCUT2D eigenvalue weighted by atomic mass is 10.0. The summed E-state index contributed by atoms with van der Waals surface area (Å²) in [5.74, 6) is -0.284. The van der Waals surface area contributed by atoms with Crippen molar-refractivity contribution in [1.82, 2.24) is 9.88 Å². The molecule has 142 valence electrons. The maximum absolute atomic E-state index is 13.5. The van der Waals surface area contributed by atoms with Crippen LogP contribution < -0.4 is 0 Å². The molecular formula is C24H23FN2O. The molecule has 3 nitrogen and oxygen atoms in total. The molecule has 0 saturated carbocycles. The van der Waals surface area contributed by atoms with Crippen molar-refractivity contribution in [3.05, 3.63) is 89.5 Å². The Bertz CT molecular complexity index is 987. The predicted octanol–water partition coefficient (Wildman–Crippen LogP) is 5.10. The minimum Gasteiger partial charge on any atom is -0.334 e. The maximum Gasteiger partial charge on any atom is 0.227 e. The van der Waals surface area contributed by atoms with Crippen molar-refractivity contribution in [1.29, 1.82) is 0 Å². The lowest BCUT2D eigenvalue weighted by Gasteiger charge is -2.25. The van der Waals surface area contributed by atoms with E-state index < -0.39 is 0 Å². The van der Waals surface area contributed by atoms with Crippen LogP contribution in [0.5, 0.6) is 0 Å². The SMILES string of the molecule is Cc1cc(-c2ccccc2)cc([C@H]2CCCN2C(=O)Cc2cccc(F)c2)n1. The van der Waals surface area contributed by atoms with E-state index >= 15 is 0 Å². The summed E-state index contributed by atoms with van der Waals surface area (Å²) < 4.78 is 13.5. The molecule has 1 aromatic heterocycles. The van der Waals surface area contributed by atoms with Gasteiger partial charge in [0.25, 0.3) is 0 Å². The van der Waals surface area contributed by atoms with E-state index in [2.05, 4.69) is 24.3 Å². The van der Waals surface area contributed by atoms with Crippen LogP contribution in [0.2, 0.25) is 0 Å². The molecule has 1 atom stereocenters. The molecule has 0 unspecified atom stereocenters. The van der Waals surface area contributed by atoms with Crippen LogP contribution >= 0.6 is 0 Å². The molecule has 0 N–H and O–H groups in total. The number of carbonyl (C=O) groups excluding carboxylic acids is 1. The molecule has 4 heteroatoms. The summed E-state index contributed by atoms with van der Waals surface area (Å²) in [4.78, 5) is 19.6. The smallest absolute Gasteiger partial charge is 0.227 e. The van der Waals surface area contributed by atoms with Gasteiger partial charge in [0.2, 0.25) is 5.91 Å². The average molecular weight is 374 g/mol. The molecule has 1 aliphatic rings. The van der Waals surface area contributed by atoms with E-state index in [-0.39, 0.29) is 24.2 Å². The fourth-order valence-electron chi connectivity index (χ4n) is 3.96. The molecule has 1 amide bonds. The first-order valence-corrected chi connectivity index (χ1v) is 9.68.